The zero-order valence-electron chi connectivity index (χ0n) is 11.6. The molecular formula is C14H27N3. The maximum Gasteiger partial charge on any atom is 0.0637 e. The molecule has 0 saturated heterocycles. The first-order chi connectivity index (χ1) is 8.26. The van der Waals surface area contributed by atoms with Crippen LogP contribution in [0.4, 0.5) is 0 Å². The Hall–Kier alpha value is -0.830. The van der Waals surface area contributed by atoms with Crippen LogP contribution < -0.4 is 5.32 Å². The van der Waals surface area contributed by atoms with Crippen molar-refractivity contribution in [2.45, 2.75) is 46.0 Å². The minimum absolute atomic E-state index is 0.846. The molecule has 0 saturated carbocycles. The summed E-state index contributed by atoms with van der Waals surface area (Å²) in [5.41, 5.74) is 1.18. The summed E-state index contributed by atoms with van der Waals surface area (Å²) < 4.78 is 1.87. The zero-order chi connectivity index (χ0) is 12.5. The highest BCUT2D eigenvalue weighted by atomic mass is 15.2. The Bertz CT molecular complexity index is 293. The van der Waals surface area contributed by atoms with E-state index >= 15 is 0 Å². The van der Waals surface area contributed by atoms with Gasteiger partial charge < -0.3 is 5.32 Å². The van der Waals surface area contributed by atoms with Gasteiger partial charge in [-0.3, -0.25) is 4.68 Å². The smallest absolute Gasteiger partial charge is 0.0637 e. The molecule has 0 aromatic carbocycles. The average molecular weight is 237 g/mol. The molecule has 1 aromatic rings. The van der Waals surface area contributed by atoms with Gasteiger partial charge in [0.05, 0.1) is 5.69 Å². The lowest BCUT2D eigenvalue weighted by molar-refractivity contribution is 0.420. The summed E-state index contributed by atoms with van der Waals surface area (Å²) in [6.07, 6.45) is 8.36. The molecule has 0 bridgehead atoms. The number of hydrogen-bond donors (Lipinski definition) is 1. The standard InChI is InChI=1S/C14H27N3/c1-4-6-7-13(5-2)12-15-10-8-14-9-11-17(3)16-14/h9,11,13,15H,4-8,10,12H2,1-3H3. The number of aromatic nitrogens is 2. The van der Waals surface area contributed by atoms with E-state index in [1.807, 2.05) is 17.9 Å². The summed E-state index contributed by atoms with van der Waals surface area (Å²) in [4.78, 5) is 0. The lowest BCUT2D eigenvalue weighted by atomic mass is 9.99. The minimum Gasteiger partial charge on any atom is -0.316 e. The number of nitrogens with zero attached hydrogens (tertiary/aromatic N) is 2. The molecule has 17 heavy (non-hydrogen) atoms. The van der Waals surface area contributed by atoms with Gasteiger partial charge >= 0.3 is 0 Å². The fraction of sp³-hybridized carbons (Fsp3) is 0.786. The third-order valence-corrected chi connectivity index (χ3v) is 3.30. The number of rotatable bonds is 9. The Kier molecular flexibility index (Phi) is 6.94. The van der Waals surface area contributed by atoms with Gasteiger partial charge in [-0.1, -0.05) is 33.1 Å². The Balaban J connectivity index is 2.09. The zero-order valence-corrected chi connectivity index (χ0v) is 11.6. The van der Waals surface area contributed by atoms with Gasteiger partial charge in [0.1, 0.15) is 0 Å². The van der Waals surface area contributed by atoms with Crippen LogP contribution >= 0.6 is 0 Å². The van der Waals surface area contributed by atoms with E-state index in [1.54, 1.807) is 0 Å². The van der Waals surface area contributed by atoms with Crippen LogP contribution in [0.2, 0.25) is 0 Å². The summed E-state index contributed by atoms with van der Waals surface area (Å²) in [5, 5.41) is 7.93. The minimum atomic E-state index is 0.846. The van der Waals surface area contributed by atoms with Crippen molar-refractivity contribution in [3.63, 3.8) is 0 Å². The van der Waals surface area contributed by atoms with Crippen LogP contribution in [0.3, 0.4) is 0 Å². The second-order valence-corrected chi connectivity index (χ2v) is 4.85. The third kappa shape index (κ3) is 5.87. The summed E-state index contributed by atoms with van der Waals surface area (Å²) in [6.45, 7) is 6.75. The largest absolute Gasteiger partial charge is 0.316 e. The second-order valence-electron chi connectivity index (χ2n) is 4.85. The van der Waals surface area contributed by atoms with E-state index in [0.29, 0.717) is 0 Å². The van der Waals surface area contributed by atoms with Crippen LogP contribution in [0.15, 0.2) is 12.3 Å². The van der Waals surface area contributed by atoms with Crippen LogP contribution in [0.25, 0.3) is 0 Å². The van der Waals surface area contributed by atoms with Gasteiger partial charge in [-0.25, -0.2) is 0 Å². The van der Waals surface area contributed by atoms with E-state index in [4.69, 9.17) is 0 Å². The normalized spacial score (nSPS) is 12.9. The van der Waals surface area contributed by atoms with Gasteiger partial charge in [0, 0.05) is 26.2 Å². The molecule has 1 aromatic heterocycles. The predicted molar refractivity (Wildman–Crippen MR) is 73.1 cm³/mol. The fourth-order valence-corrected chi connectivity index (χ4v) is 2.06. The highest BCUT2D eigenvalue weighted by Gasteiger charge is 2.05. The predicted octanol–water partition coefficient (Wildman–Crippen LogP) is 2.77. The third-order valence-electron chi connectivity index (χ3n) is 3.30. The molecule has 3 nitrogen and oxygen atoms in total. The first-order valence-corrected chi connectivity index (χ1v) is 6.95. The van der Waals surface area contributed by atoms with Gasteiger partial charge in [-0.2, -0.15) is 5.10 Å². The molecule has 0 fully saturated rings. The van der Waals surface area contributed by atoms with E-state index in [-0.39, 0.29) is 0 Å². The molecule has 0 radical (unpaired) electrons. The van der Waals surface area contributed by atoms with Crippen molar-refractivity contribution in [1.82, 2.24) is 15.1 Å². The second kappa shape index (κ2) is 8.29. The molecule has 1 unspecified atom stereocenters. The van der Waals surface area contributed by atoms with Crippen molar-refractivity contribution in [2.24, 2.45) is 13.0 Å². The van der Waals surface area contributed by atoms with E-state index in [0.717, 1.165) is 25.4 Å². The van der Waals surface area contributed by atoms with Gasteiger partial charge in [-0.15, -0.1) is 0 Å². The average Bonchev–Trinajstić information content (AvgIpc) is 2.74. The molecule has 1 heterocycles. The van der Waals surface area contributed by atoms with Crippen LogP contribution in [0.5, 0.6) is 0 Å². The Labute approximate surface area is 106 Å². The van der Waals surface area contributed by atoms with Crippen LogP contribution in [-0.2, 0) is 13.5 Å². The van der Waals surface area contributed by atoms with Gasteiger partial charge in [0.25, 0.3) is 0 Å². The molecule has 0 amide bonds. The van der Waals surface area contributed by atoms with Crippen molar-refractivity contribution in [2.75, 3.05) is 13.1 Å². The van der Waals surface area contributed by atoms with Gasteiger partial charge in [0.2, 0.25) is 0 Å². The SMILES string of the molecule is CCCCC(CC)CNCCc1ccn(C)n1. The van der Waals surface area contributed by atoms with E-state index in [2.05, 4.69) is 30.3 Å². The van der Waals surface area contributed by atoms with E-state index in [1.165, 1.54) is 31.4 Å². The molecule has 0 aliphatic rings. The van der Waals surface area contributed by atoms with Crippen LogP contribution in [-0.4, -0.2) is 22.9 Å². The van der Waals surface area contributed by atoms with Crippen LogP contribution in [0.1, 0.15) is 45.2 Å². The van der Waals surface area contributed by atoms with Crippen molar-refractivity contribution in [3.05, 3.63) is 18.0 Å². The molecule has 98 valence electrons. The number of unbranched alkanes of at least 4 members (excludes halogenated alkanes) is 1. The van der Waals surface area contributed by atoms with E-state index < -0.39 is 0 Å². The highest BCUT2D eigenvalue weighted by molar-refractivity contribution is 4.98. The Morgan fingerprint density at radius 3 is 2.82 bits per heavy atom. The number of nitrogens with one attached hydrogen (secondary N) is 1. The maximum absolute atomic E-state index is 4.37. The first-order valence-electron chi connectivity index (χ1n) is 6.95. The van der Waals surface area contributed by atoms with Crippen molar-refractivity contribution in [3.8, 4) is 0 Å². The Morgan fingerprint density at radius 2 is 2.24 bits per heavy atom. The number of aryl methyl sites for hydroxylation is 1. The monoisotopic (exact) mass is 237 g/mol. The van der Waals surface area contributed by atoms with Crippen molar-refractivity contribution >= 4 is 0 Å². The Morgan fingerprint density at radius 1 is 1.41 bits per heavy atom. The summed E-state index contributed by atoms with van der Waals surface area (Å²) in [5.74, 6) is 0.846. The fourth-order valence-electron chi connectivity index (χ4n) is 2.06. The van der Waals surface area contributed by atoms with Gasteiger partial charge in [-0.05, 0) is 24.9 Å². The molecular weight excluding hydrogens is 210 g/mol. The van der Waals surface area contributed by atoms with E-state index in [9.17, 15) is 0 Å². The van der Waals surface area contributed by atoms with Crippen molar-refractivity contribution in [1.29, 1.82) is 0 Å². The highest BCUT2D eigenvalue weighted by Crippen LogP contribution is 2.11. The van der Waals surface area contributed by atoms with Crippen LogP contribution in [0, 0.1) is 5.92 Å². The number of hydrogen-bond acceptors (Lipinski definition) is 2. The molecule has 3 heteroatoms. The lowest BCUT2D eigenvalue weighted by Crippen LogP contribution is -2.24. The summed E-state index contributed by atoms with van der Waals surface area (Å²) >= 11 is 0. The first kappa shape index (κ1) is 14.2. The van der Waals surface area contributed by atoms with Gasteiger partial charge in [0.15, 0.2) is 0 Å². The lowest BCUT2D eigenvalue weighted by Gasteiger charge is -2.14. The molecule has 0 aliphatic heterocycles. The summed E-state index contributed by atoms with van der Waals surface area (Å²) in [7, 11) is 1.97. The summed E-state index contributed by atoms with van der Waals surface area (Å²) in [6, 6.07) is 2.09. The maximum atomic E-state index is 4.37. The quantitative estimate of drug-likeness (QED) is 0.669. The molecule has 1 rings (SSSR count). The molecule has 1 atom stereocenters. The topological polar surface area (TPSA) is 29.9 Å². The molecule has 1 N–H and O–H groups in total. The molecule has 0 aliphatic carbocycles. The molecule has 0 spiro atoms. The van der Waals surface area contributed by atoms with Crippen molar-refractivity contribution < 1.29 is 0 Å².